The average molecular weight is 279 g/mol. The maximum absolute atomic E-state index is 11.3. The van der Waals surface area contributed by atoms with E-state index in [0.717, 1.165) is 17.0 Å². The van der Waals surface area contributed by atoms with E-state index in [1.165, 1.54) is 16.7 Å². The van der Waals surface area contributed by atoms with E-state index in [0.29, 0.717) is 0 Å². The van der Waals surface area contributed by atoms with Crippen molar-refractivity contribution >= 4 is 23.7 Å². The van der Waals surface area contributed by atoms with Crippen LogP contribution in [0.15, 0.2) is 36.4 Å². The van der Waals surface area contributed by atoms with Gasteiger partial charge in [0.2, 0.25) is 0 Å². The molecule has 0 saturated carbocycles. The minimum absolute atomic E-state index is 0.0880. The van der Waals surface area contributed by atoms with Crippen molar-refractivity contribution in [3.05, 3.63) is 58.7 Å². The molecule has 0 bridgehead atoms. The maximum atomic E-state index is 11.3. The molecule has 1 aliphatic rings. The normalized spacial score (nSPS) is 13.7. The first-order valence-electron chi connectivity index (χ1n) is 6.94. The van der Waals surface area contributed by atoms with Crippen molar-refractivity contribution in [3.8, 4) is 5.75 Å². The number of amides is 1. The molecule has 1 N–H and O–H groups in total. The number of fused-ring (bicyclic) bond motifs is 1. The summed E-state index contributed by atoms with van der Waals surface area (Å²) < 4.78 is 5.35. The number of ether oxygens (including phenoxy) is 1. The van der Waals surface area contributed by atoms with E-state index in [1.807, 2.05) is 24.3 Å². The van der Waals surface area contributed by atoms with Gasteiger partial charge in [-0.25, -0.2) is 0 Å². The Hall–Kier alpha value is -2.55. The summed E-state index contributed by atoms with van der Waals surface area (Å²) in [4.78, 5) is 11.3. The zero-order valence-electron chi connectivity index (χ0n) is 12.1. The molecular formula is C18H17NO2. The molecule has 1 aliphatic heterocycles. The molecule has 0 saturated heterocycles. The molecule has 0 spiro atoms. The first kappa shape index (κ1) is 13.4. The highest BCUT2D eigenvalue weighted by molar-refractivity contribution is 5.95. The molecule has 0 fully saturated rings. The Balaban J connectivity index is 1.86. The van der Waals surface area contributed by atoms with E-state index in [2.05, 4.69) is 43.4 Å². The largest absolute Gasteiger partial charge is 0.482 e. The summed E-state index contributed by atoms with van der Waals surface area (Å²) in [6.07, 6.45) is 4.13. The van der Waals surface area contributed by atoms with Crippen LogP contribution >= 0.6 is 0 Å². The minimum atomic E-state index is -0.113. The highest BCUT2D eigenvalue weighted by Crippen LogP contribution is 2.29. The smallest absolute Gasteiger partial charge is 0.262 e. The predicted molar refractivity (Wildman–Crippen MR) is 85.4 cm³/mol. The van der Waals surface area contributed by atoms with Crippen molar-refractivity contribution in [1.82, 2.24) is 0 Å². The molecule has 0 unspecified atom stereocenters. The van der Waals surface area contributed by atoms with Gasteiger partial charge in [-0.1, -0.05) is 42.0 Å². The second-order valence-corrected chi connectivity index (χ2v) is 5.29. The highest BCUT2D eigenvalue weighted by Gasteiger charge is 2.15. The van der Waals surface area contributed by atoms with Crippen LogP contribution in [0, 0.1) is 13.8 Å². The number of hydrogen-bond acceptors (Lipinski definition) is 2. The first-order valence-corrected chi connectivity index (χ1v) is 6.94. The lowest BCUT2D eigenvalue weighted by Gasteiger charge is -2.17. The van der Waals surface area contributed by atoms with Crippen LogP contribution < -0.4 is 10.1 Å². The number of hydrogen-bond donors (Lipinski definition) is 1. The van der Waals surface area contributed by atoms with Gasteiger partial charge in [-0.05, 0) is 42.7 Å². The molecule has 2 aromatic rings. The number of nitrogens with one attached hydrogen (secondary N) is 1. The number of aryl methyl sites for hydroxylation is 2. The monoisotopic (exact) mass is 279 g/mol. The van der Waals surface area contributed by atoms with E-state index in [1.54, 1.807) is 0 Å². The standard InChI is InChI=1S/C18H17NO2/c1-12-3-6-15(13(2)9-12)7-4-14-5-8-17-16(10-14)19-18(20)11-21-17/h3-10H,11H2,1-2H3,(H,19,20)/b7-4+. The molecule has 0 aromatic heterocycles. The zero-order valence-corrected chi connectivity index (χ0v) is 12.1. The van der Waals surface area contributed by atoms with Gasteiger partial charge in [0, 0.05) is 0 Å². The summed E-state index contributed by atoms with van der Waals surface area (Å²) in [6, 6.07) is 12.2. The molecule has 3 heteroatoms. The lowest BCUT2D eigenvalue weighted by Crippen LogP contribution is -2.25. The molecule has 3 nitrogen and oxygen atoms in total. The number of carbonyl (C=O) groups excluding carboxylic acids is 1. The fourth-order valence-electron chi connectivity index (χ4n) is 2.40. The molecule has 0 radical (unpaired) electrons. The summed E-state index contributed by atoms with van der Waals surface area (Å²) in [6.45, 7) is 4.28. The second kappa shape index (κ2) is 5.44. The first-order chi connectivity index (χ1) is 10.1. The lowest BCUT2D eigenvalue weighted by atomic mass is 10.0. The van der Waals surface area contributed by atoms with Gasteiger partial charge in [0.15, 0.2) is 6.61 Å². The molecule has 106 valence electrons. The Morgan fingerprint density at radius 3 is 2.76 bits per heavy atom. The molecule has 21 heavy (non-hydrogen) atoms. The Labute approximate surface area is 124 Å². The van der Waals surface area contributed by atoms with Crippen molar-refractivity contribution < 1.29 is 9.53 Å². The number of anilines is 1. The van der Waals surface area contributed by atoms with Gasteiger partial charge in [0.05, 0.1) is 5.69 Å². The summed E-state index contributed by atoms with van der Waals surface area (Å²) in [5.74, 6) is 0.608. The third-order valence-electron chi connectivity index (χ3n) is 3.52. The van der Waals surface area contributed by atoms with Gasteiger partial charge in [0.1, 0.15) is 5.75 Å². The average Bonchev–Trinajstić information content (AvgIpc) is 2.46. The summed E-state index contributed by atoms with van der Waals surface area (Å²) >= 11 is 0. The van der Waals surface area contributed by atoms with E-state index in [-0.39, 0.29) is 12.5 Å². The van der Waals surface area contributed by atoms with Crippen molar-refractivity contribution in [2.75, 3.05) is 11.9 Å². The van der Waals surface area contributed by atoms with Crippen molar-refractivity contribution in [3.63, 3.8) is 0 Å². The van der Waals surface area contributed by atoms with Crippen LogP contribution in [0.5, 0.6) is 5.75 Å². The van der Waals surface area contributed by atoms with Crippen molar-refractivity contribution in [2.24, 2.45) is 0 Å². The maximum Gasteiger partial charge on any atom is 0.262 e. The minimum Gasteiger partial charge on any atom is -0.482 e. The predicted octanol–water partition coefficient (Wildman–Crippen LogP) is 3.80. The molecular weight excluding hydrogens is 262 g/mol. The Morgan fingerprint density at radius 1 is 1.10 bits per heavy atom. The third-order valence-corrected chi connectivity index (χ3v) is 3.52. The van der Waals surface area contributed by atoms with Gasteiger partial charge in [-0.15, -0.1) is 0 Å². The van der Waals surface area contributed by atoms with Crippen LogP contribution in [0.2, 0.25) is 0 Å². The van der Waals surface area contributed by atoms with E-state index >= 15 is 0 Å². The Kier molecular flexibility index (Phi) is 3.48. The SMILES string of the molecule is Cc1ccc(/C=C/c2ccc3c(c2)NC(=O)CO3)c(C)c1. The molecule has 2 aromatic carbocycles. The van der Waals surface area contributed by atoms with E-state index in [9.17, 15) is 4.79 Å². The van der Waals surface area contributed by atoms with Crippen LogP contribution in [0.25, 0.3) is 12.2 Å². The van der Waals surface area contributed by atoms with Gasteiger partial charge < -0.3 is 10.1 Å². The summed E-state index contributed by atoms with van der Waals surface area (Å²) in [5, 5.41) is 2.82. The van der Waals surface area contributed by atoms with Crippen LogP contribution in [0.1, 0.15) is 22.3 Å². The van der Waals surface area contributed by atoms with Crippen LogP contribution in [0.3, 0.4) is 0 Å². The van der Waals surface area contributed by atoms with Gasteiger partial charge in [-0.3, -0.25) is 4.79 Å². The van der Waals surface area contributed by atoms with Crippen molar-refractivity contribution in [1.29, 1.82) is 0 Å². The van der Waals surface area contributed by atoms with Crippen LogP contribution in [-0.2, 0) is 4.79 Å². The fraction of sp³-hybridized carbons (Fsp3) is 0.167. The van der Waals surface area contributed by atoms with E-state index < -0.39 is 0 Å². The van der Waals surface area contributed by atoms with Gasteiger partial charge >= 0.3 is 0 Å². The van der Waals surface area contributed by atoms with Crippen LogP contribution in [-0.4, -0.2) is 12.5 Å². The number of benzene rings is 2. The molecule has 1 heterocycles. The number of carbonyl (C=O) groups is 1. The molecule has 1 amide bonds. The second-order valence-electron chi connectivity index (χ2n) is 5.29. The van der Waals surface area contributed by atoms with E-state index in [4.69, 9.17) is 4.74 Å². The van der Waals surface area contributed by atoms with Gasteiger partial charge in [0.25, 0.3) is 5.91 Å². The molecule has 3 rings (SSSR count). The topological polar surface area (TPSA) is 38.3 Å². The summed E-state index contributed by atoms with van der Waals surface area (Å²) in [7, 11) is 0. The zero-order chi connectivity index (χ0) is 14.8. The highest BCUT2D eigenvalue weighted by atomic mass is 16.5. The molecule has 0 atom stereocenters. The third kappa shape index (κ3) is 2.97. The molecule has 0 aliphatic carbocycles. The quantitative estimate of drug-likeness (QED) is 0.849. The summed E-state index contributed by atoms with van der Waals surface area (Å²) in [5.41, 5.74) is 5.46. The van der Waals surface area contributed by atoms with Gasteiger partial charge in [-0.2, -0.15) is 0 Å². The Morgan fingerprint density at radius 2 is 1.95 bits per heavy atom. The van der Waals surface area contributed by atoms with Crippen LogP contribution in [0.4, 0.5) is 5.69 Å². The lowest BCUT2D eigenvalue weighted by molar-refractivity contribution is -0.118. The van der Waals surface area contributed by atoms with Crippen molar-refractivity contribution in [2.45, 2.75) is 13.8 Å². The fourth-order valence-corrected chi connectivity index (χ4v) is 2.40. The number of rotatable bonds is 2. The Bertz CT molecular complexity index is 732.